The molecule has 2 aromatic carbocycles. The van der Waals surface area contributed by atoms with E-state index in [9.17, 15) is 19.8 Å². The van der Waals surface area contributed by atoms with Crippen molar-refractivity contribution in [3.05, 3.63) is 53.3 Å². The second-order valence-electron chi connectivity index (χ2n) is 5.64. The third-order valence-corrected chi connectivity index (χ3v) is 4.36. The summed E-state index contributed by atoms with van der Waals surface area (Å²) < 4.78 is 0. The van der Waals surface area contributed by atoms with Crippen LogP contribution in [-0.4, -0.2) is 36.9 Å². The standard InChI is InChI=1S/C17H13N3O4/c1-8(9-5-3-2-4-6-9)20-16(23)10-11(17(20)24)15(22)13-12(14(10)21)18-7-19-13/h2-8,21-22H,1H3,(H,18,19). The Balaban J connectivity index is 1.90. The predicted molar refractivity (Wildman–Crippen MR) is 84.8 cm³/mol. The minimum absolute atomic E-state index is 0.0571. The fraction of sp³-hybridized carbons (Fsp3) is 0.118. The van der Waals surface area contributed by atoms with Crippen molar-refractivity contribution < 1.29 is 19.8 Å². The van der Waals surface area contributed by atoms with Gasteiger partial charge in [0.05, 0.1) is 12.4 Å². The zero-order chi connectivity index (χ0) is 17.0. The number of rotatable bonds is 2. The highest BCUT2D eigenvalue weighted by Crippen LogP contribution is 2.44. The third-order valence-electron chi connectivity index (χ3n) is 4.36. The van der Waals surface area contributed by atoms with Gasteiger partial charge in [-0.05, 0) is 12.5 Å². The van der Waals surface area contributed by atoms with Gasteiger partial charge in [0.15, 0.2) is 11.5 Å². The average Bonchev–Trinajstić information content (AvgIpc) is 3.17. The van der Waals surface area contributed by atoms with Crippen molar-refractivity contribution >= 4 is 22.8 Å². The van der Waals surface area contributed by atoms with E-state index in [0.717, 1.165) is 10.5 Å². The van der Waals surface area contributed by atoms with E-state index in [1.54, 1.807) is 19.1 Å². The van der Waals surface area contributed by atoms with E-state index in [1.807, 2.05) is 18.2 Å². The van der Waals surface area contributed by atoms with Crippen LogP contribution in [0.4, 0.5) is 0 Å². The number of imidazole rings is 1. The lowest BCUT2D eigenvalue weighted by molar-refractivity contribution is 0.0594. The van der Waals surface area contributed by atoms with Gasteiger partial charge < -0.3 is 15.2 Å². The number of benzene rings is 2. The van der Waals surface area contributed by atoms with Gasteiger partial charge in [0, 0.05) is 0 Å². The topological polar surface area (TPSA) is 107 Å². The summed E-state index contributed by atoms with van der Waals surface area (Å²) >= 11 is 0. The first kappa shape index (κ1) is 14.3. The summed E-state index contributed by atoms with van der Waals surface area (Å²) in [5, 5.41) is 20.7. The number of hydrogen-bond donors (Lipinski definition) is 3. The third kappa shape index (κ3) is 1.69. The molecule has 1 aliphatic heterocycles. The summed E-state index contributed by atoms with van der Waals surface area (Å²) in [6.07, 6.45) is 1.28. The number of carbonyl (C=O) groups excluding carboxylic acids is 2. The van der Waals surface area contributed by atoms with E-state index >= 15 is 0 Å². The molecule has 0 aliphatic carbocycles. The van der Waals surface area contributed by atoms with Gasteiger partial charge in [-0.2, -0.15) is 0 Å². The summed E-state index contributed by atoms with van der Waals surface area (Å²) in [6.45, 7) is 1.72. The van der Waals surface area contributed by atoms with Crippen LogP contribution >= 0.6 is 0 Å². The highest BCUT2D eigenvalue weighted by atomic mass is 16.3. The van der Waals surface area contributed by atoms with Gasteiger partial charge in [0.25, 0.3) is 11.8 Å². The number of carbonyl (C=O) groups is 2. The number of amides is 2. The zero-order valence-electron chi connectivity index (χ0n) is 12.6. The summed E-state index contributed by atoms with van der Waals surface area (Å²) in [5.41, 5.74) is 0.551. The smallest absolute Gasteiger partial charge is 0.266 e. The lowest BCUT2D eigenvalue weighted by Crippen LogP contribution is -2.32. The fourth-order valence-electron chi connectivity index (χ4n) is 3.12. The number of hydrogen-bond acceptors (Lipinski definition) is 5. The zero-order valence-corrected chi connectivity index (χ0v) is 12.6. The van der Waals surface area contributed by atoms with Crippen molar-refractivity contribution in [2.45, 2.75) is 13.0 Å². The maximum atomic E-state index is 12.8. The highest BCUT2D eigenvalue weighted by molar-refractivity contribution is 6.26. The van der Waals surface area contributed by atoms with Crippen molar-refractivity contribution in [2.24, 2.45) is 0 Å². The maximum Gasteiger partial charge on any atom is 0.266 e. The number of nitrogens with one attached hydrogen (secondary N) is 1. The number of nitrogens with zero attached hydrogens (tertiary/aromatic N) is 2. The number of aromatic nitrogens is 2. The first-order valence-corrected chi connectivity index (χ1v) is 7.36. The van der Waals surface area contributed by atoms with E-state index in [1.165, 1.54) is 6.33 Å². The van der Waals surface area contributed by atoms with Crippen LogP contribution in [0.25, 0.3) is 11.0 Å². The number of aromatic amines is 1. The quantitative estimate of drug-likeness (QED) is 0.496. The second-order valence-corrected chi connectivity index (χ2v) is 5.64. The number of H-pyrrole nitrogens is 1. The molecule has 0 fully saturated rings. The van der Waals surface area contributed by atoms with Crippen molar-refractivity contribution in [1.82, 2.24) is 14.9 Å². The van der Waals surface area contributed by atoms with Crippen LogP contribution in [0.5, 0.6) is 11.5 Å². The number of fused-ring (bicyclic) bond motifs is 2. The molecule has 4 rings (SSSR count). The van der Waals surface area contributed by atoms with E-state index in [-0.39, 0.29) is 27.9 Å². The minimum atomic E-state index is -0.649. The first-order valence-electron chi connectivity index (χ1n) is 7.36. The molecule has 120 valence electrons. The van der Waals surface area contributed by atoms with Crippen LogP contribution in [0.15, 0.2) is 36.7 Å². The highest BCUT2D eigenvalue weighted by Gasteiger charge is 2.44. The Bertz CT molecular complexity index is 938. The molecule has 0 bridgehead atoms. The molecule has 0 radical (unpaired) electrons. The SMILES string of the molecule is CC(c1ccccc1)N1C(=O)c2c(c(O)c3[nH]cnc3c2O)C1=O. The van der Waals surface area contributed by atoms with Crippen LogP contribution in [0.2, 0.25) is 0 Å². The average molecular weight is 323 g/mol. The molecule has 7 nitrogen and oxygen atoms in total. The second kappa shape index (κ2) is 4.82. The summed E-state index contributed by atoms with van der Waals surface area (Å²) in [4.78, 5) is 33.1. The summed E-state index contributed by atoms with van der Waals surface area (Å²) in [5.74, 6) is -2.07. The van der Waals surface area contributed by atoms with Crippen molar-refractivity contribution in [1.29, 1.82) is 0 Å². The number of imide groups is 1. The molecule has 0 saturated carbocycles. The van der Waals surface area contributed by atoms with E-state index < -0.39 is 23.6 Å². The molecule has 0 spiro atoms. The van der Waals surface area contributed by atoms with Gasteiger partial charge in [-0.25, -0.2) is 4.98 Å². The Morgan fingerprint density at radius 2 is 1.67 bits per heavy atom. The van der Waals surface area contributed by atoms with Crippen LogP contribution < -0.4 is 0 Å². The lowest BCUT2D eigenvalue weighted by atomic mass is 10.1. The molecule has 1 atom stereocenters. The molecule has 3 N–H and O–H groups in total. The predicted octanol–water partition coefficient (Wildman–Crippen LogP) is 2.33. The normalized spacial score (nSPS) is 15.1. The van der Waals surface area contributed by atoms with Gasteiger partial charge in [0.1, 0.15) is 22.2 Å². The minimum Gasteiger partial charge on any atom is -0.505 e. The van der Waals surface area contributed by atoms with E-state index in [0.29, 0.717) is 0 Å². The van der Waals surface area contributed by atoms with Crippen LogP contribution in [0, 0.1) is 0 Å². The lowest BCUT2D eigenvalue weighted by Gasteiger charge is -2.22. The van der Waals surface area contributed by atoms with Gasteiger partial charge in [0.2, 0.25) is 0 Å². The molecular formula is C17H13N3O4. The fourth-order valence-corrected chi connectivity index (χ4v) is 3.12. The monoisotopic (exact) mass is 323 g/mol. The molecule has 1 aliphatic rings. The molecular weight excluding hydrogens is 310 g/mol. The Morgan fingerprint density at radius 1 is 1.04 bits per heavy atom. The molecule has 2 amide bonds. The first-order chi connectivity index (χ1) is 11.5. The molecule has 3 aromatic rings. The van der Waals surface area contributed by atoms with E-state index in [2.05, 4.69) is 9.97 Å². The molecule has 0 saturated heterocycles. The number of phenolic OH excluding ortho intramolecular Hbond substituents is 2. The number of phenols is 2. The van der Waals surface area contributed by atoms with Gasteiger partial charge in [-0.3, -0.25) is 14.5 Å². The van der Waals surface area contributed by atoms with E-state index in [4.69, 9.17) is 0 Å². The summed E-state index contributed by atoms with van der Waals surface area (Å²) in [6, 6.07) is 8.53. The van der Waals surface area contributed by atoms with Crippen LogP contribution in [0.3, 0.4) is 0 Å². The summed E-state index contributed by atoms with van der Waals surface area (Å²) in [7, 11) is 0. The van der Waals surface area contributed by atoms with Crippen LogP contribution in [0.1, 0.15) is 39.2 Å². The van der Waals surface area contributed by atoms with Crippen molar-refractivity contribution in [2.75, 3.05) is 0 Å². The Labute approximate surface area is 136 Å². The molecule has 1 aromatic heterocycles. The molecule has 7 heteroatoms. The number of aromatic hydroxyl groups is 2. The van der Waals surface area contributed by atoms with Crippen molar-refractivity contribution in [3.63, 3.8) is 0 Å². The Kier molecular flexibility index (Phi) is 2.86. The Morgan fingerprint density at radius 3 is 2.33 bits per heavy atom. The van der Waals surface area contributed by atoms with Gasteiger partial charge in [-0.1, -0.05) is 30.3 Å². The van der Waals surface area contributed by atoms with Gasteiger partial charge >= 0.3 is 0 Å². The maximum absolute atomic E-state index is 12.8. The van der Waals surface area contributed by atoms with Gasteiger partial charge in [-0.15, -0.1) is 0 Å². The van der Waals surface area contributed by atoms with Crippen LogP contribution in [-0.2, 0) is 0 Å². The molecule has 2 heterocycles. The largest absolute Gasteiger partial charge is 0.505 e. The Hall–Kier alpha value is -3.35. The molecule has 24 heavy (non-hydrogen) atoms. The molecule has 1 unspecified atom stereocenters. The van der Waals surface area contributed by atoms with Crippen molar-refractivity contribution in [3.8, 4) is 11.5 Å².